The number of halogens is 1. The molecule has 0 fully saturated rings. The highest BCUT2D eigenvalue weighted by atomic mass is 35.5. The van der Waals surface area contributed by atoms with E-state index in [0.717, 1.165) is 5.56 Å². The molecule has 1 unspecified atom stereocenters. The number of nitriles is 1. The maximum Gasteiger partial charge on any atom is 0.138 e. The van der Waals surface area contributed by atoms with Crippen LogP contribution in [-0.4, -0.2) is 19.7 Å². The minimum absolute atomic E-state index is 0.177. The van der Waals surface area contributed by atoms with E-state index in [-0.39, 0.29) is 6.04 Å². The van der Waals surface area contributed by atoms with Gasteiger partial charge in [0, 0.05) is 6.42 Å². The highest BCUT2D eigenvalue weighted by Crippen LogP contribution is 2.25. The number of nitrogens with one attached hydrogen (secondary N) is 1. The van der Waals surface area contributed by atoms with Gasteiger partial charge in [0.25, 0.3) is 0 Å². The summed E-state index contributed by atoms with van der Waals surface area (Å²) in [6, 6.07) is 7.60. The molecular formula is C12H15ClN2O. The lowest BCUT2D eigenvalue weighted by atomic mass is 10.2. The van der Waals surface area contributed by atoms with E-state index in [9.17, 15) is 0 Å². The fraction of sp³-hybridized carbons (Fsp3) is 0.417. The molecule has 1 aromatic rings. The molecule has 16 heavy (non-hydrogen) atoms. The maximum absolute atomic E-state index is 8.73. The summed E-state index contributed by atoms with van der Waals surface area (Å²) in [6.45, 7) is 2.46. The van der Waals surface area contributed by atoms with E-state index < -0.39 is 0 Å². The molecule has 0 aliphatic rings. The van der Waals surface area contributed by atoms with Crippen LogP contribution in [0.15, 0.2) is 18.2 Å². The summed E-state index contributed by atoms with van der Waals surface area (Å²) in [5.41, 5.74) is 1.10. The lowest BCUT2D eigenvalue weighted by Crippen LogP contribution is -2.25. The molecule has 1 aromatic carbocycles. The Balaban J connectivity index is 2.49. The summed E-state index contributed by atoms with van der Waals surface area (Å²) in [5, 5.41) is 12.2. The van der Waals surface area contributed by atoms with Gasteiger partial charge in [0.1, 0.15) is 5.75 Å². The van der Waals surface area contributed by atoms with Gasteiger partial charge in [0.2, 0.25) is 0 Å². The molecule has 0 radical (unpaired) electrons. The zero-order chi connectivity index (χ0) is 12.0. The third-order valence-corrected chi connectivity index (χ3v) is 2.57. The molecule has 3 nitrogen and oxygen atoms in total. The van der Waals surface area contributed by atoms with Gasteiger partial charge in [-0.05, 0) is 31.7 Å². The molecule has 0 spiro atoms. The largest absolute Gasteiger partial charge is 0.492 e. The molecule has 0 aliphatic heterocycles. The van der Waals surface area contributed by atoms with Crippen molar-refractivity contribution in [1.82, 2.24) is 5.32 Å². The highest BCUT2D eigenvalue weighted by molar-refractivity contribution is 6.32. The molecule has 0 bridgehead atoms. The van der Waals surface area contributed by atoms with E-state index >= 15 is 0 Å². The van der Waals surface area contributed by atoms with Crippen LogP contribution in [0.1, 0.15) is 12.0 Å². The number of hydrogen-bond acceptors (Lipinski definition) is 3. The Hall–Kier alpha value is -1.24. The standard InChI is InChI=1S/C12H15ClN2O/c1-9-3-4-11(13)12(7-9)16-6-5-10(8-14)15-2/h3-4,7,10,15H,5-6H2,1-2H3. The van der Waals surface area contributed by atoms with Gasteiger partial charge in [-0.3, -0.25) is 0 Å². The van der Waals surface area contributed by atoms with Gasteiger partial charge in [-0.2, -0.15) is 5.26 Å². The Labute approximate surface area is 101 Å². The number of ether oxygens (including phenoxy) is 1. The van der Waals surface area contributed by atoms with Crippen LogP contribution >= 0.6 is 11.6 Å². The summed E-state index contributed by atoms with van der Waals surface area (Å²) >= 11 is 5.97. The van der Waals surface area contributed by atoms with Crippen LogP contribution in [0, 0.1) is 18.3 Å². The predicted octanol–water partition coefficient (Wildman–Crippen LogP) is 2.53. The molecular weight excluding hydrogens is 224 g/mol. The molecule has 0 amide bonds. The van der Waals surface area contributed by atoms with E-state index in [2.05, 4.69) is 11.4 Å². The lowest BCUT2D eigenvalue weighted by molar-refractivity contribution is 0.300. The van der Waals surface area contributed by atoms with Crippen molar-refractivity contribution in [1.29, 1.82) is 5.26 Å². The van der Waals surface area contributed by atoms with Crippen molar-refractivity contribution in [2.24, 2.45) is 0 Å². The van der Waals surface area contributed by atoms with Crippen molar-refractivity contribution >= 4 is 11.6 Å². The lowest BCUT2D eigenvalue weighted by Gasteiger charge is -2.11. The Morgan fingerprint density at radius 2 is 2.31 bits per heavy atom. The van der Waals surface area contributed by atoms with Crippen molar-refractivity contribution in [3.05, 3.63) is 28.8 Å². The highest BCUT2D eigenvalue weighted by Gasteiger charge is 2.05. The SMILES string of the molecule is CNC(C#N)CCOc1cc(C)ccc1Cl. The summed E-state index contributed by atoms with van der Waals surface area (Å²) < 4.78 is 5.53. The molecule has 1 N–H and O–H groups in total. The van der Waals surface area contributed by atoms with Crippen LogP contribution < -0.4 is 10.1 Å². The molecule has 0 saturated carbocycles. The molecule has 4 heteroatoms. The molecule has 0 saturated heterocycles. The second-order valence-electron chi connectivity index (χ2n) is 3.54. The van der Waals surface area contributed by atoms with Gasteiger partial charge >= 0.3 is 0 Å². The van der Waals surface area contributed by atoms with E-state index in [0.29, 0.717) is 23.8 Å². The zero-order valence-electron chi connectivity index (χ0n) is 9.46. The first kappa shape index (κ1) is 12.8. The van der Waals surface area contributed by atoms with Crippen LogP contribution in [0.25, 0.3) is 0 Å². The fourth-order valence-electron chi connectivity index (χ4n) is 1.28. The Kier molecular flexibility index (Phi) is 5.10. The quantitative estimate of drug-likeness (QED) is 0.858. The monoisotopic (exact) mass is 238 g/mol. The summed E-state index contributed by atoms with van der Waals surface area (Å²) in [6.07, 6.45) is 0.636. The Morgan fingerprint density at radius 3 is 2.94 bits per heavy atom. The average Bonchev–Trinajstić information content (AvgIpc) is 2.29. The number of nitrogens with zero attached hydrogens (tertiary/aromatic N) is 1. The minimum atomic E-state index is -0.177. The van der Waals surface area contributed by atoms with Gasteiger partial charge in [-0.15, -0.1) is 0 Å². The van der Waals surface area contributed by atoms with Gasteiger partial charge < -0.3 is 10.1 Å². The molecule has 86 valence electrons. The van der Waals surface area contributed by atoms with Crippen molar-refractivity contribution in [2.45, 2.75) is 19.4 Å². The molecule has 0 aliphatic carbocycles. The summed E-state index contributed by atoms with van der Waals surface area (Å²) in [7, 11) is 1.76. The molecule has 0 aromatic heterocycles. The topological polar surface area (TPSA) is 45.0 Å². The predicted molar refractivity (Wildman–Crippen MR) is 64.8 cm³/mol. The number of aryl methyl sites for hydroxylation is 1. The van der Waals surface area contributed by atoms with Gasteiger partial charge in [0.15, 0.2) is 0 Å². The van der Waals surface area contributed by atoms with Crippen LogP contribution in [-0.2, 0) is 0 Å². The number of benzene rings is 1. The van der Waals surface area contributed by atoms with Crippen molar-refractivity contribution < 1.29 is 4.74 Å². The fourth-order valence-corrected chi connectivity index (χ4v) is 1.45. The Morgan fingerprint density at radius 1 is 1.56 bits per heavy atom. The van der Waals surface area contributed by atoms with Gasteiger partial charge in [-0.25, -0.2) is 0 Å². The van der Waals surface area contributed by atoms with Crippen LogP contribution in [0.4, 0.5) is 0 Å². The second kappa shape index (κ2) is 6.37. The van der Waals surface area contributed by atoms with Crippen molar-refractivity contribution in [2.75, 3.05) is 13.7 Å². The number of rotatable bonds is 5. The first-order valence-electron chi connectivity index (χ1n) is 5.13. The average molecular weight is 239 g/mol. The van der Waals surface area contributed by atoms with Gasteiger partial charge in [0.05, 0.1) is 23.7 Å². The van der Waals surface area contributed by atoms with Gasteiger partial charge in [-0.1, -0.05) is 17.7 Å². The smallest absolute Gasteiger partial charge is 0.138 e. The van der Waals surface area contributed by atoms with E-state index in [4.69, 9.17) is 21.6 Å². The van der Waals surface area contributed by atoms with Crippen LogP contribution in [0.2, 0.25) is 5.02 Å². The van der Waals surface area contributed by atoms with Crippen molar-refractivity contribution in [3.8, 4) is 11.8 Å². The minimum Gasteiger partial charge on any atom is -0.492 e. The summed E-state index contributed by atoms with van der Waals surface area (Å²) in [5.74, 6) is 0.675. The first-order chi connectivity index (χ1) is 7.67. The zero-order valence-corrected chi connectivity index (χ0v) is 10.2. The third-order valence-electron chi connectivity index (χ3n) is 2.26. The number of hydrogen-bond donors (Lipinski definition) is 1. The van der Waals surface area contributed by atoms with E-state index in [1.165, 1.54) is 0 Å². The first-order valence-corrected chi connectivity index (χ1v) is 5.51. The molecule has 1 rings (SSSR count). The third kappa shape index (κ3) is 3.73. The second-order valence-corrected chi connectivity index (χ2v) is 3.95. The van der Waals surface area contributed by atoms with Crippen LogP contribution in [0.3, 0.4) is 0 Å². The Bertz CT molecular complexity index is 387. The van der Waals surface area contributed by atoms with E-state index in [1.807, 2.05) is 25.1 Å². The molecule has 0 heterocycles. The normalized spacial score (nSPS) is 11.9. The summed E-state index contributed by atoms with van der Waals surface area (Å²) in [4.78, 5) is 0. The maximum atomic E-state index is 8.73. The van der Waals surface area contributed by atoms with Crippen LogP contribution in [0.5, 0.6) is 5.75 Å². The molecule has 1 atom stereocenters. The van der Waals surface area contributed by atoms with Crippen molar-refractivity contribution in [3.63, 3.8) is 0 Å². The van der Waals surface area contributed by atoms with E-state index in [1.54, 1.807) is 7.05 Å².